The average Bonchev–Trinajstić information content (AvgIpc) is 3.06. The Morgan fingerprint density at radius 1 is 1.12 bits per heavy atom. The van der Waals surface area contributed by atoms with Crippen LogP contribution in [0.25, 0.3) is 22.5 Å². The quantitative estimate of drug-likeness (QED) is 0.329. The van der Waals surface area contributed by atoms with Gasteiger partial charge in [-0.25, -0.2) is 4.39 Å². The van der Waals surface area contributed by atoms with Crippen LogP contribution in [0.1, 0.15) is 33.5 Å². The number of thioether (sulfide) groups is 1. The van der Waals surface area contributed by atoms with Gasteiger partial charge < -0.3 is 8.99 Å². The van der Waals surface area contributed by atoms with E-state index >= 15 is 0 Å². The Morgan fingerprint density at radius 3 is 2.47 bits per heavy atom. The van der Waals surface area contributed by atoms with Crippen LogP contribution in [0.3, 0.4) is 0 Å². The first kappa shape index (κ1) is 25.4. The van der Waals surface area contributed by atoms with E-state index in [1.807, 2.05) is 30.0 Å². The predicted molar refractivity (Wildman–Crippen MR) is 144 cm³/mol. The molecule has 4 rings (SSSR count). The molecule has 0 saturated heterocycles. The molecule has 1 unspecified atom stereocenters. The summed E-state index contributed by atoms with van der Waals surface area (Å²) in [6.07, 6.45) is 0.786. The van der Waals surface area contributed by atoms with Gasteiger partial charge in [0.05, 0.1) is 5.02 Å². The number of fused-ring (bicyclic) bond motifs is 1. The van der Waals surface area contributed by atoms with Crippen LogP contribution in [0.2, 0.25) is 23.2 Å². The topological polar surface area (TPSA) is 39.9 Å². The maximum Gasteiger partial charge on any atom is 0.192 e. The highest BCUT2D eigenvalue weighted by Gasteiger charge is 2.40. The van der Waals surface area contributed by atoms with Crippen molar-refractivity contribution in [1.29, 1.82) is 0 Å². The Bertz CT molecular complexity index is 1180. The summed E-state index contributed by atoms with van der Waals surface area (Å²) in [5.41, 5.74) is 2.57. The molecule has 1 aromatic heterocycles. The van der Waals surface area contributed by atoms with Gasteiger partial charge in [-0.05, 0) is 48.8 Å². The molecule has 34 heavy (non-hydrogen) atoms. The molecular formula is C26H33ClFN3OSSi. The zero-order valence-electron chi connectivity index (χ0n) is 20.8. The molecule has 2 aromatic carbocycles. The fourth-order valence-corrected chi connectivity index (χ4v) is 6.55. The lowest BCUT2D eigenvalue weighted by Gasteiger charge is -2.39. The number of hydrogen-bond donors (Lipinski definition) is 0. The molecule has 0 amide bonds. The second kappa shape index (κ2) is 9.41. The highest BCUT2D eigenvalue weighted by molar-refractivity contribution is 8.00. The van der Waals surface area contributed by atoms with E-state index in [1.54, 1.807) is 12.1 Å². The van der Waals surface area contributed by atoms with Gasteiger partial charge in [-0.2, -0.15) is 11.8 Å². The van der Waals surface area contributed by atoms with Gasteiger partial charge in [-0.15, -0.1) is 10.2 Å². The summed E-state index contributed by atoms with van der Waals surface area (Å²) in [4.78, 5) is 0. The van der Waals surface area contributed by atoms with Crippen molar-refractivity contribution in [2.75, 3.05) is 12.4 Å². The fourth-order valence-electron chi connectivity index (χ4n) is 3.87. The summed E-state index contributed by atoms with van der Waals surface area (Å²) in [6, 6.07) is 12.3. The zero-order valence-corrected chi connectivity index (χ0v) is 23.4. The number of hydrogen-bond acceptors (Lipinski definition) is 4. The van der Waals surface area contributed by atoms with Gasteiger partial charge >= 0.3 is 0 Å². The fraction of sp³-hybridized carbons (Fsp3) is 0.462. The van der Waals surface area contributed by atoms with Gasteiger partial charge in [0.15, 0.2) is 14.1 Å². The van der Waals surface area contributed by atoms with Crippen LogP contribution in [-0.2, 0) is 17.4 Å². The van der Waals surface area contributed by atoms with E-state index < -0.39 is 8.32 Å². The monoisotopic (exact) mass is 517 g/mol. The summed E-state index contributed by atoms with van der Waals surface area (Å²) in [5, 5.41) is 9.93. The van der Waals surface area contributed by atoms with Crippen LogP contribution in [0.15, 0.2) is 42.5 Å². The lowest BCUT2D eigenvalue weighted by atomic mass is 10.0. The Labute approximate surface area is 212 Å². The molecule has 0 N–H and O–H groups in total. The van der Waals surface area contributed by atoms with Crippen molar-refractivity contribution in [3.8, 4) is 22.5 Å². The average molecular weight is 518 g/mol. The smallest absolute Gasteiger partial charge is 0.192 e. The Kier molecular flexibility index (Phi) is 7.04. The molecule has 0 fully saturated rings. The summed E-state index contributed by atoms with van der Waals surface area (Å²) in [7, 11) is -1.84. The second-order valence-corrected chi connectivity index (χ2v) is 17.7. The Morgan fingerprint density at radius 2 is 1.79 bits per heavy atom. The molecule has 1 aliphatic rings. The first-order valence-electron chi connectivity index (χ1n) is 11.7. The van der Waals surface area contributed by atoms with Crippen molar-refractivity contribution < 1.29 is 8.82 Å². The van der Waals surface area contributed by atoms with Gasteiger partial charge in [0, 0.05) is 41.2 Å². The highest BCUT2D eigenvalue weighted by Crippen LogP contribution is 2.41. The molecule has 0 spiro atoms. The third kappa shape index (κ3) is 5.13. The molecule has 182 valence electrons. The minimum absolute atomic E-state index is 0.0617. The van der Waals surface area contributed by atoms with E-state index in [2.05, 4.69) is 55.6 Å². The number of benzene rings is 2. The molecule has 3 aromatic rings. The summed E-state index contributed by atoms with van der Waals surface area (Å²) >= 11 is 8.81. The molecule has 2 heterocycles. The first-order chi connectivity index (χ1) is 15.9. The first-order valence-corrected chi connectivity index (χ1v) is 15.9. The van der Waals surface area contributed by atoms with Crippen molar-refractivity contribution in [2.24, 2.45) is 0 Å². The lowest BCUT2D eigenvalue weighted by molar-refractivity contribution is 0.252. The van der Waals surface area contributed by atoms with E-state index in [1.165, 1.54) is 12.1 Å². The highest BCUT2D eigenvalue weighted by atomic mass is 35.5. The van der Waals surface area contributed by atoms with Gasteiger partial charge in [0.2, 0.25) is 0 Å². The minimum Gasteiger partial charge on any atom is -0.415 e. The van der Waals surface area contributed by atoms with E-state index in [0.29, 0.717) is 11.6 Å². The van der Waals surface area contributed by atoms with Crippen molar-refractivity contribution in [3.05, 3.63) is 59.1 Å². The Hall–Kier alpha value is -1.67. The Balaban J connectivity index is 1.62. The summed E-state index contributed by atoms with van der Waals surface area (Å²) in [5.74, 6) is 2.42. The van der Waals surface area contributed by atoms with E-state index in [4.69, 9.17) is 16.0 Å². The maximum absolute atomic E-state index is 13.4. The second-order valence-electron chi connectivity index (χ2n) is 10.8. The predicted octanol–water partition coefficient (Wildman–Crippen LogP) is 7.47. The standard InChI is InChI=1S/C26H33ClFN3OSSi/c1-25(2,3)34(5,6)32-17-26(4)16-22-29-30-24(31(22)14-15-33-26)21-9-7-8-20(23(21)27)18-10-12-19(28)13-11-18/h7-13H,14-17H2,1-6H3. The van der Waals surface area contributed by atoms with Crippen molar-refractivity contribution in [2.45, 2.75) is 63.5 Å². The van der Waals surface area contributed by atoms with Gasteiger partial charge in [-0.1, -0.05) is 56.6 Å². The molecule has 0 saturated carbocycles. The van der Waals surface area contributed by atoms with Crippen molar-refractivity contribution >= 4 is 31.7 Å². The summed E-state index contributed by atoms with van der Waals surface area (Å²) in [6.45, 7) is 15.2. The van der Waals surface area contributed by atoms with E-state index in [0.717, 1.165) is 47.1 Å². The molecule has 0 radical (unpaired) electrons. The molecule has 8 heteroatoms. The SMILES string of the molecule is CC1(CO[Si](C)(C)C(C)(C)C)Cc2nnc(-c3cccc(-c4ccc(F)cc4)c3Cl)n2CCS1. The van der Waals surface area contributed by atoms with E-state index in [9.17, 15) is 4.39 Å². The van der Waals surface area contributed by atoms with Gasteiger partial charge in [-0.3, -0.25) is 0 Å². The minimum atomic E-state index is -1.84. The maximum atomic E-state index is 13.4. The van der Waals surface area contributed by atoms with Gasteiger partial charge in [0.1, 0.15) is 11.6 Å². The molecule has 1 aliphatic heterocycles. The van der Waals surface area contributed by atoms with Crippen molar-refractivity contribution in [1.82, 2.24) is 14.8 Å². The number of aromatic nitrogens is 3. The number of nitrogens with zero attached hydrogens (tertiary/aromatic N) is 3. The molecule has 4 nitrogen and oxygen atoms in total. The summed E-state index contributed by atoms with van der Waals surface area (Å²) < 4.78 is 22.1. The van der Waals surface area contributed by atoms with Crippen LogP contribution in [0.4, 0.5) is 4.39 Å². The third-order valence-corrected chi connectivity index (χ3v) is 13.3. The number of rotatable bonds is 5. The van der Waals surface area contributed by atoms with Crippen LogP contribution in [-0.4, -0.2) is 40.2 Å². The molecular weight excluding hydrogens is 485 g/mol. The molecule has 0 aliphatic carbocycles. The largest absolute Gasteiger partial charge is 0.415 e. The van der Waals surface area contributed by atoms with Gasteiger partial charge in [0.25, 0.3) is 0 Å². The van der Waals surface area contributed by atoms with E-state index in [-0.39, 0.29) is 15.6 Å². The zero-order chi connectivity index (χ0) is 24.7. The van der Waals surface area contributed by atoms with Crippen LogP contribution >= 0.6 is 23.4 Å². The number of halogens is 2. The third-order valence-electron chi connectivity index (χ3n) is 7.06. The normalized spacial score (nSPS) is 19.1. The van der Waals surface area contributed by atoms with Crippen LogP contribution < -0.4 is 0 Å². The molecule has 1 atom stereocenters. The lowest BCUT2D eigenvalue weighted by Crippen LogP contribution is -2.45. The van der Waals surface area contributed by atoms with Crippen molar-refractivity contribution in [3.63, 3.8) is 0 Å². The van der Waals surface area contributed by atoms with Crippen LogP contribution in [0.5, 0.6) is 0 Å². The molecule has 0 bridgehead atoms. The van der Waals surface area contributed by atoms with Crippen LogP contribution in [0, 0.1) is 5.82 Å².